The number of nitrogens with zero attached hydrogens (tertiary/aromatic N) is 6. The van der Waals surface area contributed by atoms with Gasteiger partial charge in [-0.1, -0.05) is 11.2 Å². The lowest BCUT2D eigenvalue weighted by molar-refractivity contribution is -0.662. The highest BCUT2D eigenvalue weighted by Gasteiger charge is 2.54. The molecule has 5 rings (SSSR count). The predicted molar refractivity (Wildman–Crippen MR) is 148 cm³/mol. The lowest BCUT2D eigenvalue weighted by Crippen LogP contribution is -2.71. The molecular formula is C25H23N8O7S2+. The highest BCUT2D eigenvalue weighted by atomic mass is 32.2. The van der Waals surface area contributed by atoms with Gasteiger partial charge in [0.15, 0.2) is 10.8 Å². The number of fused-ring (bicyclic) bond motifs is 2. The number of oxime groups is 1. The number of imidazole rings is 1. The second-order valence-electron chi connectivity index (χ2n) is 9.72. The third-order valence-corrected chi connectivity index (χ3v) is 8.56. The molecule has 3 aromatic heterocycles. The molecule has 42 heavy (non-hydrogen) atoms. The molecule has 0 saturated carbocycles. The van der Waals surface area contributed by atoms with Gasteiger partial charge in [0.2, 0.25) is 11.3 Å². The Hall–Kier alpha value is -4.95. The molecular weight excluding hydrogens is 588 g/mol. The van der Waals surface area contributed by atoms with E-state index in [4.69, 9.17) is 10.6 Å². The van der Waals surface area contributed by atoms with E-state index in [-0.39, 0.29) is 28.8 Å². The van der Waals surface area contributed by atoms with Crippen LogP contribution in [0.4, 0.5) is 5.13 Å². The number of nitrogen functional groups attached to an aromatic ring is 1. The van der Waals surface area contributed by atoms with Crippen molar-refractivity contribution in [1.29, 1.82) is 5.26 Å². The first-order valence-corrected chi connectivity index (χ1v) is 14.2. The van der Waals surface area contributed by atoms with E-state index in [0.717, 1.165) is 16.2 Å². The molecule has 0 aliphatic carbocycles. The molecule has 2 amide bonds. The number of hydrogen-bond acceptors (Lipinski definition) is 11. The molecule has 1 fully saturated rings. The molecule has 5 heterocycles. The van der Waals surface area contributed by atoms with Crippen LogP contribution in [0.2, 0.25) is 0 Å². The third kappa shape index (κ3) is 5.01. The molecule has 0 radical (unpaired) electrons. The van der Waals surface area contributed by atoms with Crippen LogP contribution in [0.3, 0.4) is 0 Å². The number of aliphatic carboxylic acids is 2. The van der Waals surface area contributed by atoms with E-state index in [0.29, 0.717) is 16.9 Å². The average molecular weight is 612 g/mol. The van der Waals surface area contributed by atoms with Gasteiger partial charge < -0.3 is 26.1 Å². The lowest BCUT2D eigenvalue weighted by Gasteiger charge is -2.49. The summed E-state index contributed by atoms with van der Waals surface area (Å²) in [6.07, 6.45) is 3.33. The van der Waals surface area contributed by atoms with E-state index in [9.17, 15) is 34.7 Å². The molecule has 17 heteroatoms. The number of hydrogen-bond donors (Lipinski definition) is 4. The van der Waals surface area contributed by atoms with Gasteiger partial charge >= 0.3 is 11.9 Å². The van der Waals surface area contributed by atoms with Crippen molar-refractivity contribution < 1.29 is 38.8 Å². The summed E-state index contributed by atoms with van der Waals surface area (Å²) in [6, 6.07) is 6.36. The minimum atomic E-state index is -1.77. The number of nitriles is 1. The number of thiazole rings is 1. The number of carbonyl (C=O) groups is 4. The van der Waals surface area contributed by atoms with Gasteiger partial charge in [-0.05, 0) is 19.9 Å². The molecule has 3 aromatic rings. The third-order valence-electron chi connectivity index (χ3n) is 6.54. The number of β-lactam (4-membered cyclic amide) rings is 1. The number of nitrogens with two attached hydrogens (primary N) is 1. The number of amides is 2. The molecule has 2 aliphatic heterocycles. The second-order valence-corrected chi connectivity index (χ2v) is 11.7. The molecule has 5 N–H and O–H groups in total. The molecule has 216 valence electrons. The van der Waals surface area contributed by atoms with E-state index in [2.05, 4.69) is 21.5 Å². The summed E-state index contributed by atoms with van der Waals surface area (Å²) < 4.78 is 3.42. The molecule has 0 unspecified atom stereocenters. The lowest BCUT2D eigenvalue weighted by atomic mass is 10.0. The van der Waals surface area contributed by atoms with Gasteiger partial charge in [-0.15, -0.1) is 23.1 Å². The van der Waals surface area contributed by atoms with Crippen LogP contribution in [-0.4, -0.2) is 76.7 Å². The fourth-order valence-electron chi connectivity index (χ4n) is 4.38. The van der Waals surface area contributed by atoms with Crippen molar-refractivity contribution in [3.63, 3.8) is 0 Å². The Bertz CT molecular complexity index is 1750. The first-order chi connectivity index (χ1) is 19.9. The van der Waals surface area contributed by atoms with Crippen molar-refractivity contribution in [1.82, 2.24) is 19.6 Å². The van der Waals surface area contributed by atoms with Crippen LogP contribution in [-0.2, 0) is 30.6 Å². The average Bonchev–Trinajstić information content (AvgIpc) is 3.54. The molecule has 0 spiro atoms. The first-order valence-electron chi connectivity index (χ1n) is 12.2. The Morgan fingerprint density at radius 2 is 2.12 bits per heavy atom. The number of nitrogens with one attached hydrogen (secondary N) is 1. The summed E-state index contributed by atoms with van der Waals surface area (Å²) in [5.74, 6) is -3.93. The van der Waals surface area contributed by atoms with Crippen molar-refractivity contribution in [2.24, 2.45) is 5.16 Å². The Balaban J connectivity index is 1.39. The van der Waals surface area contributed by atoms with Gasteiger partial charge in [0.25, 0.3) is 17.5 Å². The second kappa shape index (κ2) is 10.8. The predicted octanol–water partition coefficient (Wildman–Crippen LogP) is 0.160. The fraction of sp³-hybridized carbons (Fsp3) is 0.280. The Morgan fingerprint density at radius 3 is 2.76 bits per heavy atom. The molecule has 1 saturated heterocycles. The summed E-state index contributed by atoms with van der Waals surface area (Å²) in [5.41, 5.74) is 4.82. The first kappa shape index (κ1) is 28.6. The Morgan fingerprint density at radius 1 is 1.36 bits per heavy atom. The van der Waals surface area contributed by atoms with E-state index >= 15 is 0 Å². The topological polar surface area (TPSA) is 217 Å². The van der Waals surface area contributed by atoms with Crippen LogP contribution in [0.1, 0.15) is 25.2 Å². The van der Waals surface area contributed by atoms with Crippen molar-refractivity contribution in [3.8, 4) is 6.07 Å². The van der Waals surface area contributed by atoms with Gasteiger partial charge in [0, 0.05) is 22.8 Å². The van der Waals surface area contributed by atoms with E-state index in [1.54, 1.807) is 39.6 Å². The quantitative estimate of drug-likeness (QED) is 0.111. The fourth-order valence-corrected chi connectivity index (χ4v) is 6.26. The monoisotopic (exact) mass is 611 g/mol. The zero-order chi connectivity index (χ0) is 30.3. The molecule has 2 atom stereocenters. The van der Waals surface area contributed by atoms with Crippen LogP contribution < -0.4 is 15.6 Å². The minimum absolute atomic E-state index is 0.0121. The maximum absolute atomic E-state index is 13.3. The number of anilines is 1. The summed E-state index contributed by atoms with van der Waals surface area (Å²) in [5, 5.41) is 36.0. The number of pyridine rings is 1. The van der Waals surface area contributed by atoms with Crippen LogP contribution >= 0.6 is 23.1 Å². The molecule has 2 aliphatic rings. The minimum Gasteiger partial charge on any atom is -0.478 e. The van der Waals surface area contributed by atoms with E-state index in [1.165, 1.54) is 31.0 Å². The van der Waals surface area contributed by atoms with Gasteiger partial charge in [-0.2, -0.15) is 9.66 Å². The SMILES string of the molecule is CC(C)(ON=C(C(=O)N[C@@H]1C(=O)N2C(C(=O)O)=C(C[n+]3cc(C#N)n4ccccc43)CS[C@@H]12)c1csc(N)n1)C(=O)O. The maximum Gasteiger partial charge on any atom is 0.352 e. The van der Waals surface area contributed by atoms with Crippen LogP contribution in [0.5, 0.6) is 0 Å². The zero-order valence-electron chi connectivity index (χ0n) is 22.0. The van der Waals surface area contributed by atoms with Gasteiger partial charge in [0.1, 0.15) is 41.6 Å². The summed E-state index contributed by atoms with van der Waals surface area (Å²) >= 11 is 2.29. The largest absolute Gasteiger partial charge is 0.478 e. The normalized spacial score (nSPS) is 18.7. The van der Waals surface area contributed by atoms with Crippen molar-refractivity contribution in [2.75, 3.05) is 11.5 Å². The Labute approximate surface area is 245 Å². The van der Waals surface area contributed by atoms with E-state index < -0.39 is 46.5 Å². The summed E-state index contributed by atoms with van der Waals surface area (Å²) in [7, 11) is 0. The van der Waals surface area contributed by atoms with Crippen LogP contribution in [0.25, 0.3) is 5.65 Å². The zero-order valence-corrected chi connectivity index (χ0v) is 23.7. The van der Waals surface area contributed by atoms with Crippen molar-refractivity contribution >= 4 is 63.3 Å². The van der Waals surface area contributed by atoms with E-state index in [1.807, 2.05) is 0 Å². The highest BCUT2D eigenvalue weighted by Crippen LogP contribution is 2.40. The van der Waals surface area contributed by atoms with Gasteiger partial charge in [0.05, 0.1) is 6.20 Å². The number of carboxylic acids is 2. The Kier molecular flexibility index (Phi) is 7.34. The molecule has 0 bridgehead atoms. The van der Waals surface area contributed by atoms with Crippen LogP contribution in [0.15, 0.2) is 52.4 Å². The molecule has 0 aromatic carbocycles. The number of carboxylic acid groups (broad SMARTS) is 2. The maximum atomic E-state index is 13.3. The number of carbonyl (C=O) groups excluding carboxylic acids is 2. The number of aromatic nitrogens is 3. The van der Waals surface area contributed by atoms with Crippen molar-refractivity contribution in [2.45, 2.75) is 37.4 Å². The highest BCUT2D eigenvalue weighted by molar-refractivity contribution is 8.00. The summed E-state index contributed by atoms with van der Waals surface area (Å²) in [6.45, 7) is 2.60. The van der Waals surface area contributed by atoms with Crippen LogP contribution in [0, 0.1) is 11.3 Å². The standard InChI is InChI=1S/C25H22N8O7S2/c1-25(2,23(38)39)40-30-16(14-11-42-24(27)28-14)19(34)29-17-20(35)33-18(22(36)37)12(10-41-21(17)33)8-31-9-13(7-26)32-6-4-3-5-15(31)32/h3-6,9,11,17,21H,8,10H2,1-2H3,(H4-,27,28,29,34,36,37,38,39)/p+1/t17-,21+/m1/s1. The number of rotatable bonds is 9. The van der Waals surface area contributed by atoms with Gasteiger partial charge in [-0.25, -0.2) is 19.1 Å². The smallest absolute Gasteiger partial charge is 0.352 e. The van der Waals surface area contributed by atoms with Gasteiger partial charge in [-0.3, -0.25) is 14.5 Å². The number of thioether (sulfide) groups is 1. The van der Waals surface area contributed by atoms with Crippen molar-refractivity contribution in [3.05, 3.63) is 58.6 Å². The molecule has 15 nitrogen and oxygen atoms in total. The summed E-state index contributed by atoms with van der Waals surface area (Å²) in [4.78, 5) is 60.5.